The van der Waals surface area contributed by atoms with Crippen LogP contribution in [0.1, 0.15) is 65.2 Å². The molecule has 0 aliphatic heterocycles. The number of carbonyl (C=O) groups is 2. The zero-order chi connectivity index (χ0) is 15.2. The molecule has 0 aliphatic carbocycles. The third-order valence-corrected chi connectivity index (χ3v) is 3.08. The van der Waals surface area contributed by atoms with Crippen molar-refractivity contribution in [3.63, 3.8) is 0 Å². The van der Waals surface area contributed by atoms with Crippen molar-refractivity contribution >= 4 is 11.9 Å². The molecule has 0 aromatic carbocycles. The third kappa shape index (κ3) is 10.6. The Balaban J connectivity index is 3.97. The highest BCUT2D eigenvalue weighted by Crippen LogP contribution is 2.12. The molecule has 4 nitrogen and oxygen atoms in total. The Morgan fingerprint density at radius 2 is 1.80 bits per heavy atom. The number of esters is 1. The number of carboxylic acid groups (broad SMARTS) is 1. The molecule has 116 valence electrons. The van der Waals surface area contributed by atoms with E-state index in [0.717, 1.165) is 25.7 Å². The Morgan fingerprint density at radius 1 is 1.10 bits per heavy atom. The van der Waals surface area contributed by atoms with Crippen molar-refractivity contribution in [2.45, 2.75) is 65.2 Å². The van der Waals surface area contributed by atoms with E-state index < -0.39 is 17.9 Å². The maximum atomic E-state index is 11.5. The van der Waals surface area contributed by atoms with Crippen LogP contribution in [0.15, 0.2) is 12.2 Å². The molecule has 0 radical (unpaired) electrons. The van der Waals surface area contributed by atoms with Gasteiger partial charge in [-0.2, -0.15) is 0 Å². The number of unbranched alkanes of at least 4 members (excludes halogenated alkanes) is 4. The number of hydrogen-bond donors (Lipinski definition) is 1. The fourth-order valence-corrected chi connectivity index (χ4v) is 1.75. The lowest BCUT2D eigenvalue weighted by Crippen LogP contribution is -2.19. The van der Waals surface area contributed by atoms with Crippen LogP contribution >= 0.6 is 0 Å². The van der Waals surface area contributed by atoms with Crippen LogP contribution in [0, 0.1) is 5.92 Å². The molecule has 0 aromatic heterocycles. The molecule has 1 atom stereocenters. The quantitative estimate of drug-likeness (QED) is 0.335. The van der Waals surface area contributed by atoms with Crippen LogP contribution in [-0.2, 0) is 14.3 Å². The maximum absolute atomic E-state index is 11.5. The van der Waals surface area contributed by atoms with Gasteiger partial charge < -0.3 is 9.84 Å². The molecule has 0 aliphatic rings. The summed E-state index contributed by atoms with van der Waals surface area (Å²) in [6, 6.07) is 0. The van der Waals surface area contributed by atoms with Crippen molar-refractivity contribution in [2.75, 3.05) is 6.61 Å². The lowest BCUT2D eigenvalue weighted by atomic mass is 10.0. The Bertz CT molecular complexity index is 297. The van der Waals surface area contributed by atoms with Gasteiger partial charge >= 0.3 is 11.9 Å². The summed E-state index contributed by atoms with van der Waals surface area (Å²) < 4.78 is 5.00. The molecule has 20 heavy (non-hydrogen) atoms. The third-order valence-electron chi connectivity index (χ3n) is 3.08. The largest absolute Gasteiger partial charge is 0.481 e. The molecule has 0 heterocycles. The van der Waals surface area contributed by atoms with Gasteiger partial charge in [-0.1, -0.05) is 45.3 Å². The topological polar surface area (TPSA) is 63.6 Å². The van der Waals surface area contributed by atoms with Gasteiger partial charge in [0.05, 0.1) is 18.9 Å². The SMILES string of the molecule is CCCCC/C=C/CC(CC(=O)OCCCC)C(=O)O. The molecular weight excluding hydrogens is 256 g/mol. The molecule has 1 N–H and O–H groups in total. The second-order valence-corrected chi connectivity index (χ2v) is 5.02. The minimum absolute atomic E-state index is 0.0433. The van der Waals surface area contributed by atoms with Gasteiger partial charge in [-0.15, -0.1) is 0 Å². The zero-order valence-corrected chi connectivity index (χ0v) is 12.8. The van der Waals surface area contributed by atoms with Crippen molar-refractivity contribution in [1.29, 1.82) is 0 Å². The van der Waals surface area contributed by atoms with Gasteiger partial charge in [-0.25, -0.2) is 0 Å². The summed E-state index contributed by atoms with van der Waals surface area (Å²) in [5.41, 5.74) is 0. The average Bonchev–Trinajstić information content (AvgIpc) is 2.41. The van der Waals surface area contributed by atoms with Gasteiger partial charge in [0.1, 0.15) is 0 Å². The van der Waals surface area contributed by atoms with Gasteiger partial charge in [-0.05, 0) is 25.7 Å². The van der Waals surface area contributed by atoms with Crippen molar-refractivity contribution in [1.82, 2.24) is 0 Å². The Hall–Kier alpha value is -1.32. The first-order chi connectivity index (χ1) is 9.61. The van der Waals surface area contributed by atoms with Crippen LogP contribution in [0.2, 0.25) is 0 Å². The zero-order valence-electron chi connectivity index (χ0n) is 12.8. The van der Waals surface area contributed by atoms with E-state index >= 15 is 0 Å². The van der Waals surface area contributed by atoms with Crippen molar-refractivity contribution in [2.24, 2.45) is 5.92 Å². The summed E-state index contributed by atoms with van der Waals surface area (Å²) in [5, 5.41) is 9.09. The molecule has 0 amide bonds. The number of allylic oxidation sites excluding steroid dienone is 2. The lowest BCUT2D eigenvalue weighted by molar-refractivity contribution is -0.151. The Labute approximate surface area is 122 Å². The minimum Gasteiger partial charge on any atom is -0.481 e. The molecule has 4 heteroatoms. The molecule has 0 saturated carbocycles. The number of rotatable bonds is 12. The highest BCUT2D eigenvalue weighted by Gasteiger charge is 2.20. The standard InChI is InChI=1S/C16H28O4/c1-3-5-7-8-9-10-11-14(16(18)19)13-15(17)20-12-6-4-2/h9-10,14H,3-8,11-13H2,1-2H3,(H,18,19)/b10-9+. The summed E-state index contributed by atoms with van der Waals surface area (Å²) in [7, 11) is 0. The van der Waals surface area contributed by atoms with Crippen LogP contribution < -0.4 is 0 Å². The summed E-state index contributed by atoms with van der Waals surface area (Å²) >= 11 is 0. The summed E-state index contributed by atoms with van der Waals surface area (Å²) in [5.74, 6) is -2.02. The van der Waals surface area contributed by atoms with E-state index in [4.69, 9.17) is 9.84 Å². The van der Waals surface area contributed by atoms with Gasteiger partial charge in [0.25, 0.3) is 0 Å². The van der Waals surface area contributed by atoms with E-state index in [1.807, 2.05) is 19.1 Å². The smallest absolute Gasteiger partial charge is 0.307 e. The van der Waals surface area contributed by atoms with Gasteiger partial charge in [0, 0.05) is 0 Å². The summed E-state index contributed by atoms with van der Waals surface area (Å²) in [6.45, 7) is 4.54. The molecule has 0 fully saturated rings. The highest BCUT2D eigenvalue weighted by molar-refractivity contribution is 5.78. The molecule has 0 rings (SSSR count). The Kier molecular flexibility index (Phi) is 11.9. The molecule has 0 bridgehead atoms. The van der Waals surface area contributed by atoms with Crippen molar-refractivity contribution < 1.29 is 19.4 Å². The first-order valence-electron chi connectivity index (χ1n) is 7.65. The lowest BCUT2D eigenvalue weighted by Gasteiger charge is -2.09. The Morgan fingerprint density at radius 3 is 2.40 bits per heavy atom. The van der Waals surface area contributed by atoms with E-state index in [2.05, 4.69) is 6.92 Å². The van der Waals surface area contributed by atoms with Crippen molar-refractivity contribution in [3.8, 4) is 0 Å². The van der Waals surface area contributed by atoms with Crippen molar-refractivity contribution in [3.05, 3.63) is 12.2 Å². The minimum atomic E-state index is -0.935. The van der Waals surface area contributed by atoms with Crippen LogP contribution in [-0.4, -0.2) is 23.7 Å². The van der Waals surface area contributed by atoms with E-state index in [1.54, 1.807) is 0 Å². The molecular formula is C16H28O4. The monoisotopic (exact) mass is 284 g/mol. The fourth-order valence-electron chi connectivity index (χ4n) is 1.75. The highest BCUT2D eigenvalue weighted by atomic mass is 16.5. The second-order valence-electron chi connectivity index (χ2n) is 5.02. The average molecular weight is 284 g/mol. The van der Waals surface area contributed by atoms with Crippen LogP contribution in [0.3, 0.4) is 0 Å². The van der Waals surface area contributed by atoms with E-state index in [-0.39, 0.29) is 6.42 Å². The second kappa shape index (κ2) is 12.7. The molecule has 0 saturated heterocycles. The predicted molar refractivity (Wildman–Crippen MR) is 79.5 cm³/mol. The van der Waals surface area contributed by atoms with Gasteiger partial charge in [0.2, 0.25) is 0 Å². The number of carboxylic acids is 1. The van der Waals surface area contributed by atoms with Crippen LogP contribution in [0.5, 0.6) is 0 Å². The van der Waals surface area contributed by atoms with E-state index in [9.17, 15) is 9.59 Å². The van der Waals surface area contributed by atoms with Gasteiger partial charge in [0.15, 0.2) is 0 Å². The number of hydrogen-bond acceptors (Lipinski definition) is 3. The molecule has 1 unspecified atom stereocenters. The van der Waals surface area contributed by atoms with E-state index in [0.29, 0.717) is 13.0 Å². The summed E-state index contributed by atoms with van der Waals surface area (Å²) in [6.07, 6.45) is 10.5. The predicted octanol–water partition coefficient (Wildman–Crippen LogP) is 3.95. The maximum Gasteiger partial charge on any atom is 0.307 e. The first-order valence-corrected chi connectivity index (χ1v) is 7.65. The van der Waals surface area contributed by atoms with E-state index in [1.165, 1.54) is 12.8 Å². The van der Waals surface area contributed by atoms with Gasteiger partial charge in [-0.3, -0.25) is 9.59 Å². The molecule has 0 aromatic rings. The number of carbonyl (C=O) groups excluding carboxylic acids is 1. The first kappa shape index (κ1) is 18.7. The van der Waals surface area contributed by atoms with Crippen LogP contribution in [0.25, 0.3) is 0 Å². The normalized spacial score (nSPS) is 12.5. The number of ether oxygens (including phenoxy) is 1. The van der Waals surface area contributed by atoms with Crippen LogP contribution in [0.4, 0.5) is 0 Å². The molecule has 0 spiro atoms. The fraction of sp³-hybridized carbons (Fsp3) is 0.750. The number of aliphatic carboxylic acids is 1. The summed E-state index contributed by atoms with van der Waals surface area (Å²) in [4.78, 5) is 22.6.